The van der Waals surface area contributed by atoms with E-state index in [9.17, 15) is 9.59 Å². The van der Waals surface area contributed by atoms with E-state index in [-0.39, 0.29) is 29.6 Å². The Morgan fingerprint density at radius 2 is 1.85 bits per heavy atom. The lowest BCUT2D eigenvalue weighted by Crippen LogP contribution is -2.37. The molecule has 1 saturated heterocycles. The Labute approximate surface area is 118 Å². The molecule has 2 fully saturated rings. The van der Waals surface area contributed by atoms with E-state index < -0.39 is 5.41 Å². The van der Waals surface area contributed by atoms with Gasteiger partial charge in [0.05, 0.1) is 17.0 Å². The molecule has 1 aromatic rings. The van der Waals surface area contributed by atoms with Crippen molar-refractivity contribution >= 4 is 17.5 Å². The van der Waals surface area contributed by atoms with E-state index in [0.29, 0.717) is 5.69 Å². The van der Waals surface area contributed by atoms with Gasteiger partial charge in [-0.2, -0.15) is 0 Å². The summed E-state index contributed by atoms with van der Waals surface area (Å²) < 4.78 is 0. The van der Waals surface area contributed by atoms with Gasteiger partial charge in [0.15, 0.2) is 0 Å². The summed E-state index contributed by atoms with van der Waals surface area (Å²) in [5.41, 5.74) is 1.31. The summed E-state index contributed by atoms with van der Waals surface area (Å²) in [4.78, 5) is 27.0. The topological polar surface area (TPSA) is 37.4 Å². The number of nitrogens with zero attached hydrogens (tertiary/aromatic N) is 1. The monoisotopic (exact) mass is 267 g/mol. The molecule has 0 radical (unpaired) electrons. The molecule has 4 unspecified atom stereocenters. The van der Waals surface area contributed by atoms with Crippen LogP contribution in [0.1, 0.15) is 18.9 Å². The molecule has 3 aliphatic rings. The Bertz CT molecular complexity index is 645. The highest BCUT2D eigenvalue weighted by molar-refractivity contribution is 6.24. The minimum atomic E-state index is -0.526. The normalized spacial score (nSPS) is 37.9. The van der Waals surface area contributed by atoms with Crippen molar-refractivity contribution in [1.29, 1.82) is 0 Å². The molecule has 1 aromatic carbocycles. The highest BCUT2D eigenvalue weighted by Gasteiger charge is 2.67. The fourth-order valence-corrected chi connectivity index (χ4v) is 4.24. The summed E-state index contributed by atoms with van der Waals surface area (Å²) in [6.07, 6.45) is 5.21. The highest BCUT2D eigenvalue weighted by Crippen LogP contribution is 2.60. The standard InChI is InChI=1S/C17H17NO2/c1-10-3-7-13(8-4-10)18-15(19)14-11-5-6-12(9-11)17(14,2)16(18)20/h3-8,11-12,14H,9H2,1-2H3. The summed E-state index contributed by atoms with van der Waals surface area (Å²) in [5, 5.41) is 0. The van der Waals surface area contributed by atoms with Gasteiger partial charge in [-0.1, -0.05) is 29.8 Å². The zero-order valence-corrected chi connectivity index (χ0v) is 11.7. The summed E-state index contributed by atoms with van der Waals surface area (Å²) in [5.74, 6) is 0.277. The molecular formula is C17H17NO2. The SMILES string of the molecule is Cc1ccc(N2C(=O)C3C4C=CC(C4)C3(C)C2=O)cc1. The lowest BCUT2D eigenvalue weighted by atomic mass is 9.71. The third-order valence-electron chi connectivity index (χ3n) is 5.40. The van der Waals surface area contributed by atoms with Gasteiger partial charge < -0.3 is 0 Å². The molecule has 0 spiro atoms. The average molecular weight is 267 g/mol. The number of fused-ring (bicyclic) bond motifs is 5. The van der Waals surface area contributed by atoms with Gasteiger partial charge in [-0.25, -0.2) is 4.90 Å². The van der Waals surface area contributed by atoms with Gasteiger partial charge in [-0.05, 0) is 44.2 Å². The van der Waals surface area contributed by atoms with E-state index in [4.69, 9.17) is 0 Å². The Morgan fingerprint density at radius 1 is 1.15 bits per heavy atom. The minimum absolute atomic E-state index is 0.0156. The predicted molar refractivity (Wildman–Crippen MR) is 76.0 cm³/mol. The van der Waals surface area contributed by atoms with Crippen molar-refractivity contribution in [1.82, 2.24) is 0 Å². The molecular weight excluding hydrogens is 250 g/mol. The zero-order valence-electron chi connectivity index (χ0n) is 11.7. The number of allylic oxidation sites excluding steroid dienone is 2. The number of hydrogen-bond donors (Lipinski definition) is 0. The molecule has 1 saturated carbocycles. The molecule has 2 bridgehead atoms. The quantitative estimate of drug-likeness (QED) is 0.579. The summed E-state index contributed by atoms with van der Waals surface area (Å²) in [6, 6.07) is 7.62. The number of carbonyl (C=O) groups is 2. The van der Waals surface area contributed by atoms with Gasteiger partial charge in [0, 0.05) is 0 Å². The van der Waals surface area contributed by atoms with Gasteiger partial charge in [0.2, 0.25) is 11.8 Å². The third kappa shape index (κ3) is 1.21. The smallest absolute Gasteiger partial charge is 0.241 e. The van der Waals surface area contributed by atoms with Gasteiger partial charge in [0.1, 0.15) is 0 Å². The van der Waals surface area contributed by atoms with Crippen LogP contribution in [-0.4, -0.2) is 11.8 Å². The maximum Gasteiger partial charge on any atom is 0.241 e. The van der Waals surface area contributed by atoms with E-state index in [0.717, 1.165) is 12.0 Å². The van der Waals surface area contributed by atoms with Crippen LogP contribution in [0.3, 0.4) is 0 Å². The fourth-order valence-electron chi connectivity index (χ4n) is 4.24. The molecule has 0 aromatic heterocycles. The highest BCUT2D eigenvalue weighted by atomic mass is 16.2. The van der Waals surface area contributed by atoms with Gasteiger partial charge in [-0.3, -0.25) is 9.59 Å². The second kappa shape index (κ2) is 3.60. The third-order valence-corrected chi connectivity index (χ3v) is 5.40. The lowest BCUT2D eigenvalue weighted by Gasteiger charge is -2.28. The van der Waals surface area contributed by atoms with Crippen molar-refractivity contribution in [2.24, 2.45) is 23.2 Å². The molecule has 4 atom stereocenters. The molecule has 2 aliphatic carbocycles. The number of anilines is 1. The lowest BCUT2D eigenvalue weighted by molar-refractivity contribution is -0.127. The summed E-state index contributed by atoms with van der Waals surface area (Å²) in [6.45, 7) is 3.97. The van der Waals surface area contributed by atoms with Crippen LogP contribution in [0.2, 0.25) is 0 Å². The molecule has 0 N–H and O–H groups in total. The first-order chi connectivity index (χ1) is 9.53. The Balaban J connectivity index is 1.80. The van der Waals surface area contributed by atoms with Gasteiger partial charge >= 0.3 is 0 Å². The first-order valence-corrected chi connectivity index (χ1v) is 7.17. The van der Waals surface area contributed by atoms with Gasteiger partial charge in [-0.15, -0.1) is 0 Å². The molecule has 2 amide bonds. The number of benzene rings is 1. The van der Waals surface area contributed by atoms with Crippen LogP contribution in [0.25, 0.3) is 0 Å². The maximum atomic E-state index is 12.9. The van der Waals surface area contributed by atoms with Crippen LogP contribution in [-0.2, 0) is 9.59 Å². The number of rotatable bonds is 1. The van der Waals surface area contributed by atoms with Crippen LogP contribution in [0, 0.1) is 30.1 Å². The van der Waals surface area contributed by atoms with Crippen molar-refractivity contribution in [3.05, 3.63) is 42.0 Å². The van der Waals surface area contributed by atoms with Crippen LogP contribution >= 0.6 is 0 Å². The number of hydrogen-bond acceptors (Lipinski definition) is 2. The average Bonchev–Trinajstić information content (AvgIpc) is 3.05. The number of amides is 2. The second-order valence-electron chi connectivity index (χ2n) is 6.47. The molecule has 3 nitrogen and oxygen atoms in total. The number of imide groups is 1. The largest absolute Gasteiger partial charge is 0.274 e. The van der Waals surface area contributed by atoms with E-state index in [2.05, 4.69) is 12.2 Å². The zero-order chi connectivity index (χ0) is 14.1. The van der Waals surface area contributed by atoms with E-state index in [1.807, 2.05) is 38.1 Å². The van der Waals surface area contributed by atoms with Crippen molar-refractivity contribution in [3.63, 3.8) is 0 Å². The molecule has 3 heteroatoms. The Kier molecular flexibility index (Phi) is 2.14. The Morgan fingerprint density at radius 3 is 2.50 bits per heavy atom. The molecule has 1 aliphatic heterocycles. The second-order valence-corrected chi connectivity index (χ2v) is 6.47. The fraction of sp³-hybridized carbons (Fsp3) is 0.412. The van der Waals surface area contributed by atoms with E-state index in [1.54, 1.807) is 0 Å². The van der Waals surface area contributed by atoms with Crippen LogP contribution in [0.15, 0.2) is 36.4 Å². The van der Waals surface area contributed by atoms with Gasteiger partial charge in [0.25, 0.3) is 0 Å². The minimum Gasteiger partial charge on any atom is -0.274 e. The van der Waals surface area contributed by atoms with Crippen molar-refractivity contribution < 1.29 is 9.59 Å². The van der Waals surface area contributed by atoms with Crippen molar-refractivity contribution in [3.8, 4) is 0 Å². The maximum absolute atomic E-state index is 12.9. The van der Waals surface area contributed by atoms with Crippen LogP contribution in [0.4, 0.5) is 5.69 Å². The van der Waals surface area contributed by atoms with Crippen LogP contribution < -0.4 is 4.90 Å². The predicted octanol–water partition coefficient (Wildman–Crippen LogP) is 2.70. The molecule has 1 heterocycles. The molecule has 4 rings (SSSR count). The summed E-state index contributed by atoms with van der Waals surface area (Å²) >= 11 is 0. The summed E-state index contributed by atoms with van der Waals surface area (Å²) in [7, 11) is 0. The molecule has 102 valence electrons. The van der Waals surface area contributed by atoms with E-state index in [1.165, 1.54) is 4.90 Å². The number of aryl methyl sites for hydroxylation is 1. The van der Waals surface area contributed by atoms with Crippen LogP contribution in [0.5, 0.6) is 0 Å². The Hall–Kier alpha value is -1.90. The first-order valence-electron chi connectivity index (χ1n) is 7.17. The molecule has 20 heavy (non-hydrogen) atoms. The van der Waals surface area contributed by atoms with Crippen molar-refractivity contribution in [2.75, 3.05) is 4.90 Å². The van der Waals surface area contributed by atoms with E-state index >= 15 is 0 Å². The van der Waals surface area contributed by atoms with Crippen molar-refractivity contribution in [2.45, 2.75) is 20.3 Å². The first kappa shape index (κ1) is 11.9. The number of carbonyl (C=O) groups excluding carboxylic acids is 2.